The third-order valence-electron chi connectivity index (χ3n) is 3.52. The average Bonchev–Trinajstić information content (AvgIpc) is 2.90. The van der Waals surface area contributed by atoms with Crippen LogP contribution in [0.25, 0.3) is 10.9 Å². The molecule has 0 aliphatic carbocycles. The van der Waals surface area contributed by atoms with E-state index >= 15 is 0 Å². The first-order chi connectivity index (χ1) is 10.6. The lowest BCUT2D eigenvalue weighted by molar-refractivity contribution is 0.0954. The van der Waals surface area contributed by atoms with E-state index in [0.717, 1.165) is 27.4 Å². The molecular weight excluding hydrogens is 364 g/mol. The first kappa shape index (κ1) is 15.1. The standard InChI is InChI=1S/C17H14BrClN2O/c18-13-3-1-11(2-4-13)17(22)20-8-7-12-10-21-16-6-5-14(19)9-15(12)16/h1-6,9-10,21H,7-8H2,(H,20,22). The molecule has 0 atom stereocenters. The predicted octanol–water partition coefficient (Wildman–Crippen LogP) is 4.56. The van der Waals surface area contributed by atoms with Gasteiger partial charge in [0, 0.05) is 38.7 Å². The molecule has 3 aromatic rings. The SMILES string of the molecule is O=C(NCCc1c[nH]c2ccc(Cl)cc12)c1ccc(Br)cc1. The van der Waals surface area contributed by atoms with Crippen molar-refractivity contribution in [2.45, 2.75) is 6.42 Å². The van der Waals surface area contributed by atoms with E-state index in [1.807, 2.05) is 36.5 Å². The lowest BCUT2D eigenvalue weighted by Gasteiger charge is -2.05. The molecule has 2 aromatic carbocycles. The summed E-state index contributed by atoms with van der Waals surface area (Å²) in [6.07, 6.45) is 2.72. The fraction of sp³-hybridized carbons (Fsp3) is 0.118. The average molecular weight is 378 g/mol. The van der Waals surface area contributed by atoms with E-state index in [0.29, 0.717) is 17.1 Å². The van der Waals surface area contributed by atoms with Crippen LogP contribution in [0.4, 0.5) is 0 Å². The van der Waals surface area contributed by atoms with Crippen LogP contribution in [0.3, 0.4) is 0 Å². The Kier molecular flexibility index (Phi) is 4.50. The smallest absolute Gasteiger partial charge is 0.251 e. The molecule has 2 N–H and O–H groups in total. The van der Waals surface area contributed by atoms with Gasteiger partial charge in [-0.1, -0.05) is 27.5 Å². The molecule has 22 heavy (non-hydrogen) atoms. The number of H-pyrrole nitrogens is 1. The van der Waals surface area contributed by atoms with Crippen molar-refractivity contribution in [3.63, 3.8) is 0 Å². The lowest BCUT2D eigenvalue weighted by atomic mass is 10.1. The van der Waals surface area contributed by atoms with Gasteiger partial charge in [-0.05, 0) is 54.4 Å². The largest absolute Gasteiger partial charge is 0.361 e. The molecule has 0 aliphatic rings. The first-order valence-electron chi connectivity index (χ1n) is 6.93. The third kappa shape index (κ3) is 3.34. The minimum atomic E-state index is -0.0645. The van der Waals surface area contributed by atoms with Gasteiger partial charge in [-0.15, -0.1) is 0 Å². The van der Waals surface area contributed by atoms with E-state index in [2.05, 4.69) is 26.2 Å². The summed E-state index contributed by atoms with van der Waals surface area (Å²) in [6, 6.07) is 13.1. The summed E-state index contributed by atoms with van der Waals surface area (Å²) in [5.74, 6) is -0.0645. The molecule has 112 valence electrons. The molecule has 0 saturated heterocycles. The molecule has 5 heteroatoms. The number of aromatic nitrogens is 1. The van der Waals surface area contributed by atoms with E-state index in [-0.39, 0.29) is 5.91 Å². The van der Waals surface area contributed by atoms with Crippen LogP contribution in [0.5, 0.6) is 0 Å². The summed E-state index contributed by atoms with van der Waals surface area (Å²) in [5, 5.41) is 4.75. The number of carbonyl (C=O) groups excluding carboxylic acids is 1. The zero-order chi connectivity index (χ0) is 15.5. The van der Waals surface area contributed by atoms with E-state index < -0.39 is 0 Å². The number of halogens is 2. The monoisotopic (exact) mass is 376 g/mol. The number of carbonyl (C=O) groups is 1. The molecule has 0 saturated carbocycles. The maximum atomic E-state index is 12.0. The number of benzene rings is 2. The minimum absolute atomic E-state index is 0.0645. The van der Waals surface area contributed by atoms with Gasteiger partial charge in [0.25, 0.3) is 5.91 Å². The van der Waals surface area contributed by atoms with Gasteiger partial charge in [0.15, 0.2) is 0 Å². The lowest BCUT2D eigenvalue weighted by Crippen LogP contribution is -2.25. The van der Waals surface area contributed by atoms with Gasteiger partial charge in [-0.3, -0.25) is 4.79 Å². The second kappa shape index (κ2) is 6.55. The fourth-order valence-electron chi connectivity index (χ4n) is 2.37. The number of aromatic amines is 1. The summed E-state index contributed by atoms with van der Waals surface area (Å²) < 4.78 is 0.958. The zero-order valence-electron chi connectivity index (χ0n) is 11.7. The second-order valence-electron chi connectivity index (χ2n) is 5.02. The molecule has 1 amide bonds. The summed E-state index contributed by atoms with van der Waals surface area (Å²) in [4.78, 5) is 15.3. The van der Waals surface area contributed by atoms with Gasteiger partial charge in [-0.2, -0.15) is 0 Å². The van der Waals surface area contributed by atoms with Crippen molar-refractivity contribution in [2.24, 2.45) is 0 Å². The van der Waals surface area contributed by atoms with Crippen LogP contribution < -0.4 is 5.32 Å². The van der Waals surface area contributed by atoms with Crippen LogP contribution in [0, 0.1) is 0 Å². The fourth-order valence-corrected chi connectivity index (χ4v) is 2.81. The molecule has 0 spiro atoms. The first-order valence-corrected chi connectivity index (χ1v) is 8.10. The highest BCUT2D eigenvalue weighted by molar-refractivity contribution is 9.10. The number of fused-ring (bicyclic) bond motifs is 1. The van der Waals surface area contributed by atoms with E-state index in [4.69, 9.17) is 11.6 Å². The maximum absolute atomic E-state index is 12.0. The molecule has 0 bridgehead atoms. The van der Waals surface area contributed by atoms with Crippen molar-refractivity contribution in [1.82, 2.24) is 10.3 Å². The van der Waals surface area contributed by atoms with Crippen LogP contribution in [0.2, 0.25) is 5.02 Å². The Balaban J connectivity index is 1.63. The van der Waals surface area contributed by atoms with Crippen LogP contribution in [-0.4, -0.2) is 17.4 Å². The van der Waals surface area contributed by atoms with Crippen molar-refractivity contribution in [3.05, 3.63) is 69.3 Å². The molecule has 0 fully saturated rings. The van der Waals surface area contributed by atoms with Crippen molar-refractivity contribution in [1.29, 1.82) is 0 Å². The quantitative estimate of drug-likeness (QED) is 0.688. The highest BCUT2D eigenvalue weighted by Gasteiger charge is 2.07. The highest BCUT2D eigenvalue weighted by atomic mass is 79.9. The number of rotatable bonds is 4. The molecule has 0 aliphatic heterocycles. The third-order valence-corrected chi connectivity index (χ3v) is 4.28. The van der Waals surface area contributed by atoms with Crippen molar-refractivity contribution < 1.29 is 4.79 Å². The number of nitrogens with one attached hydrogen (secondary N) is 2. The minimum Gasteiger partial charge on any atom is -0.361 e. The molecule has 0 radical (unpaired) electrons. The number of hydrogen-bond acceptors (Lipinski definition) is 1. The van der Waals surface area contributed by atoms with Gasteiger partial charge in [-0.25, -0.2) is 0 Å². The van der Waals surface area contributed by atoms with Crippen LogP contribution in [0.1, 0.15) is 15.9 Å². The summed E-state index contributed by atoms with van der Waals surface area (Å²) in [7, 11) is 0. The molecule has 1 heterocycles. The Morgan fingerprint density at radius 1 is 1.18 bits per heavy atom. The maximum Gasteiger partial charge on any atom is 0.251 e. The summed E-state index contributed by atoms with van der Waals surface area (Å²) >= 11 is 9.39. The van der Waals surface area contributed by atoms with E-state index in [1.54, 1.807) is 12.1 Å². The van der Waals surface area contributed by atoms with Crippen molar-refractivity contribution in [3.8, 4) is 0 Å². The second-order valence-corrected chi connectivity index (χ2v) is 6.37. The van der Waals surface area contributed by atoms with E-state index in [1.165, 1.54) is 0 Å². The topological polar surface area (TPSA) is 44.9 Å². The highest BCUT2D eigenvalue weighted by Crippen LogP contribution is 2.22. The molecule has 0 unspecified atom stereocenters. The van der Waals surface area contributed by atoms with E-state index in [9.17, 15) is 4.79 Å². The molecule has 1 aromatic heterocycles. The summed E-state index contributed by atoms with van der Waals surface area (Å²) in [6.45, 7) is 0.578. The summed E-state index contributed by atoms with van der Waals surface area (Å²) in [5.41, 5.74) is 2.86. The van der Waals surface area contributed by atoms with Crippen LogP contribution in [0.15, 0.2) is 53.1 Å². The Bertz CT molecular complexity index is 811. The Morgan fingerprint density at radius 2 is 1.95 bits per heavy atom. The molecular formula is C17H14BrClN2O. The predicted molar refractivity (Wildman–Crippen MR) is 93.5 cm³/mol. The van der Waals surface area contributed by atoms with Gasteiger partial charge in [0.05, 0.1) is 0 Å². The number of amides is 1. The normalized spacial score (nSPS) is 10.8. The van der Waals surface area contributed by atoms with Crippen molar-refractivity contribution in [2.75, 3.05) is 6.54 Å². The van der Waals surface area contributed by atoms with Crippen molar-refractivity contribution >= 4 is 44.3 Å². The molecule has 3 rings (SSSR count). The Hall–Kier alpha value is -1.78. The van der Waals surface area contributed by atoms with Gasteiger partial charge in [0.1, 0.15) is 0 Å². The van der Waals surface area contributed by atoms with Gasteiger partial charge in [0.2, 0.25) is 0 Å². The van der Waals surface area contributed by atoms with Gasteiger partial charge >= 0.3 is 0 Å². The van der Waals surface area contributed by atoms with Crippen LogP contribution in [-0.2, 0) is 6.42 Å². The Morgan fingerprint density at radius 3 is 2.73 bits per heavy atom. The Labute approximate surface area is 141 Å². The van der Waals surface area contributed by atoms with Crippen LogP contribution >= 0.6 is 27.5 Å². The number of hydrogen-bond donors (Lipinski definition) is 2. The zero-order valence-corrected chi connectivity index (χ0v) is 14.0. The molecule has 3 nitrogen and oxygen atoms in total. The van der Waals surface area contributed by atoms with Gasteiger partial charge < -0.3 is 10.3 Å².